The summed E-state index contributed by atoms with van der Waals surface area (Å²) < 4.78 is 2.39. The summed E-state index contributed by atoms with van der Waals surface area (Å²) in [5.74, 6) is 0. The quantitative estimate of drug-likeness (QED) is 0.734. The second kappa shape index (κ2) is 6.60. The van der Waals surface area contributed by atoms with Crippen molar-refractivity contribution in [3.05, 3.63) is 36.0 Å². The number of benzene rings is 1. The Morgan fingerprint density at radius 1 is 1.11 bits per heavy atom. The van der Waals surface area contributed by atoms with Gasteiger partial charge in [-0.2, -0.15) is 0 Å². The fraction of sp³-hybridized carbons (Fsp3) is 0.500. The molecule has 2 aromatic rings. The van der Waals surface area contributed by atoms with Crippen LogP contribution in [0, 0.1) is 6.92 Å². The number of nitrogens with zero attached hydrogens (tertiary/aromatic N) is 1. The molecule has 1 aromatic carbocycles. The van der Waals surface area contributed by atoms with Gasteiger partial charge >= 0.3 is 0 Å². The van der Waals surface area contributed by atoms with Gasteiger partial charge in [0.1, 0.15) is 0 Å². The summed E-state index contributed by atoms with van der Waals surface area (Å²) in [4.78, 5) is 0. The molecule has 0 spiro atoms. The van der Waals surface area contributed by atoms with Gasteiger partial charge in [0, 0.05) is 23.6 Å². The fourth-order valence-electron chi connectivity index (χ4n) is 2.45. The minimum atomic E-state index is 1.13. The molecule has 0 aliphatic heterocycles. The summed E-state index contributed by atoms with van der Waals surface area (Å²) in [7, 11) is 0. The van der Waals surface area contributed by atoms with Crippen molar-refractivity contribution in [3.63, 3.8) is 0 Å². The van der Waals surface area contributed by atoms with E-state index in [4.69, 9.17) is 0 Å². The van der Waals surface area contributed by atoms with Crippen LogP contribution < -0.4 is 5.32 Å². The predicted octanol–water partition coefficient (Wildman–Crippen LogP) is 3.73. The molecule has 0 radical (unpaired) electrons. The molecule has 18 heavy (non-hydrogen) atoms. The number of aromatic nitrogens is 1. The Labute approximate surface area is 110 Å². The summed E-state index contributed by atoms with van der Waals surface area (Å²) in [6, 6.07) is 8.68. The molecule has 0 atom stereocenters. The molecule has 0 bridgehead atoms. The molecule has 0 fully saturated rings. The van der Waals surface area contributed by atoms with Gasteiger partial charge < -0.3 is 9.88 Å². The second-order valence-electron chi connectivity index (χ2n) is 4.98. The van der Waals surface area contributed by atoms with Crippen LogP contribution in [0.25, 0.3) is 10.9 Å². The van der Waals surface area contributed by atoms with Crippen molar-refractivity contribution < 1.29 is 0 Å². The van der Waals surface area contributed by atoms with Crippen LogP contribution in [-0.4, -0.2) is 17.7 Å². The highest BCUT2D eigenvalue weighted by Crippen LogP contribution is 2.20. The number of aryl methyl sites for hydroxylation is 2. The molecule has 0 saturated carbocycles. The van der Waals surface area contributed by atoms with Crippen LogP contribution in [0.15, 0.2) is 30.5 Å². The minimum absolute atomic E-state index is 1.13. The molecule has 1 heterocycles. The first-order valence-electron chi connectivity index (χ1n) is 7.08. The molecule has 0 saturated heterocycles. The van der Waals surface area contributed by atoms with E-state index >= 15 is 0 Å². The fourth-order valence-corrected chi connectivity index (χ4v) is 2.45. The monoisotopic (exact) mass is 244 g/mol. The number of hydrogen-bond acceptors (Lipinski definition) is 1. The molecule has 1 N–H and O–H groups in total. The summed E-state index contributed by atoms with van der Waals surface area (Å²) in [6.07, 6.45) is 6.01. The van der Waals surface area contributed by atoms with Gasteiger partial charge in [0.05, 0.1) is 0 Å². The van der Waals surface area contributed by atoms with Crippen LogP contribution in [0.5, 0.6) is 0 Å². The van der Waals surface area contributed by atoms with Crippen LogP contribution in [0.3, 0.4) is 0 Å². The lowest BCUT2D eigenvalue weighted by atomic mass is 10.2. The van der Waals surface area contributed by atoms with E-state index in [-0.39, 0.29) is 0 Å². The molecule has 1 aromatic heterocycles. The third kappa shape index (κ3) is 3.14. The van der Waals surface area contributed by atoms with E-state index in [1.165, 1.54) is 35.7 Å². The number of nitrogens with one attached hydrogen (secondary N) is 1. The normalized spacial score (nSPS) is 11.2. The number of para-hydroxylation sites is 1. The van der Waals surface area contributed by atoms with E-state index < -0.39 is 0 Å². The van der Waals surface area contributed by atoms with E-state index in [2.05, 4.69) is 54.2 Å². The summed E-state index contributed by atoms with van der Waals surface area (Å²) >= 11 is 0. The van der Waals surface area contributed by atoms with Gasteiger partial charge in [0.15, 0.2) is 0 Å². The van der Waals surface area contributed by atoms with Crippen molar-refractivity contribution in [1.29, 1.82) is 0 Å². The van der Waals surface area contributed by atoms with Gasteiger partial charge in [-0.05, 0) is 50.9 Å². The van der Waals surface area contributed by atoms with Gasteiger partial charge in [-0.3, -0.25) is 0 Å². The topological polar surface area (TPSA) is 17.0 Å². The van der Waals surface area contributed by atoms with Gasteiger partial charge in [-0.15, -0.1) is 0 Å². The molecule has 2 nitrogen and oxygen atoms in total. The van der Waals surface area contributed by atoms with Crippen molar-refractivity contribution in [2.45, 2.75) is 39.7 Å². The second-order valence-corrected chi connectivity index (χ2v) is 4.98. The van der Waals surface area contributed by atoms with Crippen molar-refractivity contribution in [2.24, 2.45) is 0 Å². The molecular weight excluding hydrogens is 220 g/mol. The lowest BCUT2D eigenvalue weighted by Gasteiger charge is -2.06. The van der Waals surface area contributed by atoms with Gasteiger partial charge in [0.2, 0.25) is 0 Å². The number of rotatable bonds is 7. The summed E-state index contributed by atoms with van der Waals surface area (Å²) in [6.45, 7) is 7.82. The Balaban J connectivity index is 1.88. The summed E-state index contributed by atoms with van der Waals surface area (Å²) in [5, 5.41) is 4.84. The standard InChI is InChI=1S/C16H24N2/c1-3-10-17-11-6-7-12-18-13-14(2)15-8-4-5-9-16(15)18/h4-5,8-9,13,17H,3,6-7,10-12H2,1-2H3. The van der Waals surface area contributed by atoms with E-state index in [1.54, 1.807) is 0 Å². The maximum atomic E-state index is 3.45. The first-order valence-corrected chi connectivity index (χ1v) is 7.08. The lowest BCUT2D eigenvalue weighted by Crippen LogP contribution is -2.16. The number of fused-ring (bicyclic) bond motifs is 1. The highest BCUT2D eigenvalue weighted by atomic mass is 15.0. The lowest BCUT2D eigenvalue weighted by molar-refractivity contribution is 0.574. The molecule has 0 unspecified atom stereocenters. The Bertz CT molecular complexity index is 485. The van der Waals surface area contributed by atoms with Crippen LogP contribution in [-0.2, 0) is 6.54 Å². The molecular formula is C16H24N2. The van der Waals surface area contributed by atoms with Crippen LogP contribution >= 0.6 is 0 Å². The molecule has 0 aliphatic rings. The first-order chi connectivity index (χ1) is 8.83. The van der Waals surface area contributed by atoms with Crippen molar-refractivity contribution in [3.8, 4) is 0 Å². The Kier molecular flexibility index (Phi) is 4.82. The van der Waals surface area contributed by atoms with E-state index in [0.717, 1.165) is 19.6 Å². The van der Waals surface area contributed by atoms with Crippen LogP contribution in [0.1, 0.15) is 31.7 Å². The average Bonchev–Trinajstić information content (AvgIpc) is 2.71. The Hall–Kier alpha value is -1.28. The molecule has 98 valence electrons. The van der Waals surface area contributed by atoms with E-state index in [0.29, 0.717) is 0 Å². The van der Waals surface area contributed by atoms with E-state index in [9.17, 15) is 0 Å². The number of hydrogen-bond donors (Lipinski definition) is 1. The molecule has 0 aliphatic carbocycles. The highest BCUT2D eigenvalue weighted by molar-refractivity contribution is 5.83. The zero-order valence-corrected chi connectivity index (χ0v) is 11.6. The maximum Gasteiger partial charge on any atom is 0.0483 e. The Morgan fingerprint density at radius 3 is 2.78 bits per heavy atom. The van der Waals surface area contributed by atoms with Crippen LogP contribution in [0.2, 0.25) is 0 Å². The van der Waals surface area contributed by atoms with Crippen molar-refractivity contribution in [1.82, 2.24) is 9.88 Å². The first kappa shape index (κ1) is 13.2. The average molecular weight is 244 g/mol. The van der Waals surface area contributed by atoms with Crippen LogP contribution in [0.4, 0.5) is 0 Å². The van der Waals surface area contributed by atoms with Gasteiger partial charge in [-0.25, -0.2) is 0 Å². The minimum Gasteiger partial charge on any atom is -0.347 e. The maximum absolute atomic E-state index is 3.45. The smallest absolute Gasteiger partial charge is 0.0483 e. The van der Waals surface area contributed by atoms with E-state index in [1.807, 2.05) is 0 Å². The molecule has 2 rings (SSSR count). The number of unbranched alkanes of at least 4 members (excludes halogenated alkanes) is 1. The predicted molar refractivity (Wildman–Crippen MR) is 79.1 cm³/mol. The zero-order chi connectivity index (χ0) is 12.8. The SMILES string of the molecule is CCCNCCCCn1cc(C)c2ccccc21. The zero-order valence-electron chi connectivity index (χ0n) is 11.6. The van der Waals surface area contributed by atoms with Gasteiger partial charge in [-0.1, -0.05) is 25.1 Å². The Morgan fingerprint density at radius 2 is 1.94 bits per heavy atom. The molecule has 0 amide bonds. The summed E-state index contributed by atoms with van der Waals surface area (Å²) in [5.41, 5.74) is 2.76. The van der Waals surface area contributed by atoms with Crippen molar-refractivity contribution in [2.75, 3.05) is 13.1 Å². The third-order valence-electron chi connectivity index (χ3n) is 3.42. The third-order valence-corrected chi connectivity index (χ3v) is 3.42. The van der Waals surface area contributed by atoms with Crippen molar-refractivity contribution >= 4 is 10.9 Å². The molecule has 2 heteroatoms. The largest absolute Gasteiger partial charge is 0.347 e. The van der Waals surface area contributed by atoms with Gasteiger partial charge in [0.25, 0.3) is 0 Å². The highest BCUT2D eigenvalue weighted by Gasteiger charge is 2.03.